The van der Waals surface area contributed by atoms with Crippen LogP contribution < -0.4 is 0 Å². The van der Waals surface area contributed by atoms with Gasteiger partial charge in [-0.25, -0.2) is 9.59 Å². The lowest BCUT2D eigenvalue weighted by molar-refractivity contribution is -0.141. The number of hydrogen-bond donors (Lipinski definition) is 2. The third-order valence-corrected chi connectivity index (χ3v) is 3.48. The maximum Gasteiger partial charge on any atom is 0.326 e. The van der Waals surface area contributed by atoms with Gasteiger partial charge in [0.2, 0.25) is 0 Å². The van der Waals surface area contributed by atoms with Crippen molar-refractivity contribution in [1.82, 2.24) is 9.80 Å². The second kappa shape index (κ2) is 6.04. The van der Waals surface area contributed by atoms with Crippen molar-refractivity contribution in [3.8, 4) is 0 Å². The molecule has 0 aliphatic carbocycles. The molecule has 0 saturated carbocycles. The molecule has 1 rings (SSSR count). The Balaban J connectivity index is 2.73. The first-order chi connectivity index (χ1) is 8.38. The summed E-state index contributed by atoms with van der Waals surface area (Å²) in [6.07, 6.45) is 1.20. The second-order valence-corrected chi connectivity index (χ2v) is 4.93. The van der Waals surface area contributed by atoms with E-state index in [1.807, 2.05) is 13.8 Å². The molecule has 0 radical (unpaired) electrons. The van der Waals surface area contributed by atoms with Crippen LogP contribution in [0.4, 0.5) is 4.79 Å². The van der Waals surface area contributed by atoms with Crippen molar-refractivity contribution >= 4 is 12.0 Å². The summed E-state index contributed by atoms with van der Waals surface area (Å²) >= 11 is 0. The molecule has 0 aromatic rings. The summed E-state index contributed by atoms with van der Waals surface area (Å²) in [4.78, 5) is 26.1. The zero-order valence-electron chi connectivity index (χ0n) is 11.2. The van der Waals surface area contributed by atoms with Gasteiger partial charge in [0.15, 0.2) is 0 Å². The van der Waals surface area contributed by atoms with Gasteiger partial charge in [-0.05, 0) is 13.3 Å². The quantitative estimate of drug-likeness (QED) is 0.779. The van der Waals surface area contributed by atoms with Crippen LogP contribution in [0.5, 0.6) is 0 Å². The van der Waals surface area contributed by atoms with Crippen LogP contribution in [0, 0.1) is 0 Å². The molecule has 0 bridgehead atoms. The molecule has 1 aliphatic heterocycles. The lowest BCUT2D eigenvalue weighted by atomic mass is 10.2. The first kappa shape index (κ1) is 14.8. The van der Waals surface area contributed by atoms with Crippen molar-refractivity contribution in [3.63, 3.8) is 0 Å². The number of hydrogen-bond acceptors (Lipinski definition) is 3. The summed E-state index contributed by atoms with van der Waals surface area (Å²) in [6.45, 7) is 4.07. The van der Waals surface area contributed by atoms with Crippen LogP contribution in [0.15, 0.2) is 0 Å². The van der Waals surface area contributed by atoms with Crippen molar-refractivity contribution in [1.29, 1.82) is 0 Å². The summed E-state index contributed by atoms with van der Waals surface area (Å²) in [6, 6.07) is -1.17. The van der Waals surface area contributed by atoms with Crippen molar-refractivity contribution in [2.45, 2.75) is 51.3 Å². The topological polar surface area (TPSA) is 81.1 Å². The molecule has 104 valence electrons. The summed E-state index contributed by atoms with van der Waals surface area (Å²) in [5.41, 5.74) is 0. The highest BCUT2D eigenvalue weighted by atomic mass is 16.4. The molecule has 2 N–H and O–H groups in total. The van der Waals surface area contributed by atoms with Gasteiger partial charge in [-0.3, -0.25) is 0 Å². The van der Waals surface area contributed by atoms with Crippen LogP contribution in [-0.2, 0) is 4.79 Å². The summed E-state index contributed by atoms with van der Waals surface area (Å²) in [5, 5.41) is 18.6. The number of amides is 2. The van der Waals surface area contributed by atoms with Crippen molar-refractivity contribution < 1.29 is 19.8 Å². The Morgan fingerprint density at radius 1 is 1.50 bits per heavy atom. The van der Waals surface area contributed by atoms with E-state index >= 15 is 0 Å². The van der Waals surface area contributed by atoms with Gasteiger partial charge < -0.3 is 20.0 Å². The molecule has 0 aromatic carbocycles. The molecule has 1 heterocycles. The first-order valence-electron chi connectivity index (χ1n) is 6.32. The monoisotopic (exact) mass is 258 g/mol. The molecule has 0 aromatic heterocycles. The molecule has 6 nitrogen and oxygen atoms in total. The van der Waals surface area contributed by atoms with Gasteiger partial charge >= 0.3 is 12.0 Å². The Kier molecular flexibility index (Phi) is 4.95. The number of aliphatic hydroxyl groups excluding tert-OH is 1. The van der Waals surface area contributed by atoms with Gasteiger partial charge in [0.25, 0.3) is 0 Å². The molecule has 6 heteroatoms. The largest absolute Gasteiger partial charge is 0.480 e. The van der Waals surface area contributed by atoms with Crippen LogP contribution in [0.1, 0.15) is 33.1 Å². The van der Waals surface area contributed by atoms with E-state index in [4.69, 9.17) is 5.11 Å². The molecule has 2 unspecified atom stereocenters. The summed E-state index contributed by atoms with van der Waals surface area (Å²) < 4.78 is 0. The zero-order valence-corrected chi connectivity index (χ0v) is 11.2. The number of carbonyl (C=O) groups is 2. The molecule has 0 spiro atoms. The number of likely N-dealkylation sites (tertiary alicyclic amines) is 1. The molecule has 1 fully saturated rings. The van der Waals surface area contributed by atoms with E-state index in [0.717, 1.165) is 12.8 Å². The molecular formula is C12H22N2O4. The normalized spacial score (nSPS) is 25.0. The number of urea groups is 1. The smallest absolute Gasteiger partial charge is 0.326 e. The van der Waals surface area contributed by atoms with Crippen molar-refractivity contribution in [2.75, 3.05) is 13.6 Å². The van der Waals surface area contributed by atoms with Crippen LogP contribution in [-0.4, -0.2) is 63.8 Å². The van der Waals surface area contributed by atoms with Crippen LogP contribution in [0.2, 0.25) is 0 Å². The molecule has 1 aliphatic rings. The number of carbonyl (C=O) groups excluding carboxylic acids is 1. The van der Waals surface area contributed by atoms with Crippen LogP contribution in [0.3, 0.4) is 0 Å². The number of aliphatic carboxylic acids is 1. The highest BCUT2D eigenvalue weighted by Gasteiger charge is 2.40. The Bertz CT molecular complexity index is 321. The van der Waals surface area contributed by atoms with Gasteiger partial charge in [0, 0.05) is 26.1 Å². The third kappa shape index (κ3) is 3.13. The van der Waals surface area contributed by atoms with E-state index in [-0.39, 0.29) is 25.0 Å². The third-order valence-electron chi connectivity index (χ3n) is 3.48. The summed E-state index contributed by atoms with van der Waals surface area (Å²) in [5.74, 6) is -1.06. The first-order valence-corrected chi connectivity index (χ1v) is 6.32. The minimum absolute atomic E-state index is 0.0645. The zero-order chi connectivity index (χ0) is 13.9. The predicted molar refractivity (Wildman–Crippen MR) is 66.3 cm³/mol. The number of β-amino-alcohol motifs (C(OH)–C–C–N with tert-alkyl or cyclic N) is 1. The number of rotatable bonds is 4. The van der Waals surface area contributed by atoms with Gasteiger partial charge in [-0.1, -0.05) is 13.3 Å². The SMILES string of the molecule is CCCC(C)N(C)C(=O)N1CC(O)C[C@H]1C(=O)O. The lowest BCUT2D eigenvalue weighted by Gasteiger charge is -2.31. The van der Waals surface area contributed by atoms with E-state index in [2.05, 4.69) is 0 Å². The van der Waals surface area contributed by atoms with Gasteiger partial charge in [0.1, 0.15) is 6.04 Å². The van der Waals surface area contributed by atoms with E-state index in [9.17, 15) is 14.7 Å². The Morgan fingerprint density at radius 2 is 2.11 bits per heavy atom. The highest BCUT2D eigenvalue weighted by molar-refractivity contribution is 5.83. The average Bonchev–Trinajstić information content (AvgIpc) is 2.69. The Labute approximate surface area is 107 Å². The maximum absolute atomic E-state index is 12.2. The van der Waals surface area contributed by atoms with E-state index in [1.54, 1.807) is 11.9 Å². The fraction of sp³-hybridized carbons (Fsp3) is 0.833. The maximum atomic E-state index is 12.2. The summed E-state index contributed by atoms with van der Waals surface area (Å²) in [7, 11) is 1.67. The standard InChI is InChI=1S/C12H22N2O4/c1-4-5-8(2)13(3)12(18)14-7-9(15)6-10(14)11(16)17/h8-10,15H,4-7H2,1-3H3,(H,16,17)/t8?,9?,10-/m0/s1. The Hall–Kier alpha value is -1.30. The molecule has 18 heavy (non-hydrogen) atoms. The number of nitrogens with zero attached hydrogens (tertiary/aromatic N) is 2. The van der Waals surface area contributed by atoms with Crippen molar-refractivity contribution in [3.05, 3.63) is 0 Å². The Morgan fingerprint density at radius 3 is 2.61 bits per heavy atom. The fourth-order valence-electron chi connectivity index (χ4n) is 2.26. The molecule has 2 amide bonds. The average molecular weight is 258 g/mol. The van der Waals surface area contributed by atoms with E-state index in [1.165, 1.54) is 4.90 Å². The molecule has 3 atom stereocenters. The predicted octanol–water partition coefficient (Wildman–Crippen LogP) is 0.747. The van der Waals surface area contributed by atoms with Crippen LogP contribution >= 0.6 is 0 Å². The number of carboxylic acid groups (broad SMARTS) is 1. The van der Waals surface area contributed by atoms with Crippen molar-refractivity contribution in [2.24, 2.45) is 0 Å². The molecule has 1 saturated heterocycles. The van der Waals surface area contributed by atoms with Crippen LogP contribution in [0.25, 0.3) is 0 Å². The minimum Gasteiger partial charge on any atom is -0.480 e. The minimum atomic E-state index is -1.06. The number of aliphatic hydroxyl groups is 1. The second-order valence-electron chi connectivity index (χ2n) is 4.93. The van der Waals surface area contributed by atoms with Gasteiger partial charge in [-0.15, -0.1) is 0 Å². The highest BCUT2D eigenvalue weighted by Crippen LogP contribution is 2.20. The fourth-order valence-corrected chi connectivity index (χ4v) is 2.26. The van der Waals surface area contributed by atoms with E-state index < -0.39 is 18.1 Å². The van der Waals surface area contributed by atoms with E-state index in [0.29, 0.717) is 0 Å². The van der Waals surface area contributed by atoms with Gasteiger partial charge in [0.05, 0.1) is 6.10 Å². The number of carboxylic acids is 1. The molecular weight excluding hydrogens is 236 g/mol. The van der Waals surface area contributed by atoms with Gasteiger partial charge in [-0.2, -0.15) is 0 Å². The lowest BCUT2D eigenvalue weighted by Crippen LogP contribution is -2.49.